The van der Waals surface area contributed by atoms with Crippen LogP contribution in [0.2, 0.25) is 0 Å². The van der Waals surface area contributed by atoms with E-state index < -0.39 is 17.8 Å². The van der Waals surface area contributed by atoms with Gasteiger partial charge in [0.25, 0.3) is 5.91 Å². The lowest BCUT2D eigenvalue weighted by molar-refractivity contribution is -0.129. The first-order chi connectivity index (χ1) is 10.3. The Hall–Kier alpha value is -1.63. The summed E-state index contributed by atoms with van der Waals surface area (Å²) in [5, 5.41) is 5.27. The van der Waals surface area contributed by atoms with Crippen LogP contribution in [0, 0.1) is 5.82 Å². The number of ether oxygens (including phenoxy) is 1. The second-order valence-electron chi connectivity index (χ2n) is 4.97. The Morgan fingerprint density at radius 3 is 2.59 bits per heavy atom. The summed E-state index contributed by atoms with van der Waals surface area (Å²) in [4.78, 5) is 23.5. The number of halogens is 2. The van der Waals surface area contributed by atoms with Gasteiger partial charge in [0.15, 0.2) is 18.2 Å². The summed E-state index contributed by atoms with van der Waals surface area (Å²) in [5.74, 6) is -1.34. The van der Waals surface area contributed by atoms with E-state index in [2.05, 4.69) is 26.6 Å². The molecule has 0 fully saturated rings. The van der Waals surface area contributed by atoms with Crippen molar-refractivity contribution < 1.29 is 18.7 Å². The Kier molecular flexibility index (Phi) is 7.31. The van der Waals surface area contributed by atoms with E-state index in [0.29, 0.717) is 4.47 Å². The molecule has 0 aliphatic carbocycles. The standard InChI is InChI=1S/C15H20BrFN2O3/c1-4-9(2)18-15(21)10(3)19-14(20)8-22-13-6-5-11(16)7-12(13)17/h5-7,9-10H,4,8H2,1-3H3,(H,18,21)(H,19,20). The highest BCUT2D eigenvalue weighted by Crippen LogP contribution is 2.21. The molecule has 0 saturated heterocycles. The van der Waals surface area contributed by atoms with Crippen molar-refractivity contribution >= 4 is 27.7 Å². The van der Waals surface area contributed by atoms with Gasteiger partial charge in [0.2, 0.25) is 5.91 Å². The number of hydrogen-bond acceptors (Lipinski definition) is 3. The van der Waals surface area contributed by atoms with Gasteiger partial charge in [-0.15, -0.1) is 0 Å². The van der Waals surface area contributed by atoms with E-state index in [9.17, 15) is 14.0 Å². The fourth-order valence-electron chi connectivity index (χ4n) is 1.55. The third kappa shape index (κ3) is 6.01. The predicted octanol–water partition coefficient (Wildman–Crippen LogP) is 2.39. The van der Waals surface area contributed by atoms with Gasteiger partial charge in [-0.2, -0.15) is 0 Å². The molecule has 1 aromatic rings. The Bertz CT molecular complexity index is 540. The first kappa shape index (κ1) is 18.4. The van der Waals surface area contributed by atoms with Gasteiger partial charge in [-0.3, -0.25) is 9.59 Å². The number of hydrogen-bond donors (Lipinski definition) is 2. The topological polar surface area (TPSA) is 67.4 Å². The SMILES string of the molecule is CCC(C)NC(=O)C(C)NC(=O)COc1ccc(Br)cc1F. The summed E-state index contributed by atoms with van der Waals surface area (Å²) < 4.78 is 19.2. The van der Waals surface area contributed by atoms with Crippen molar-refractivity contribution in [3.8, 4) is 5.75 Å². The molecule has 2 atom stereocenters. The third-order valence-electron chi connectivity index (χ3n) is 3.02. The summed E-state index contributed by atoms with van der Waals surface area (Å²) in [6, 6.07) is 3.64. The van der Waals surface area contributed by atoms with E-state index in [-0.39, 0.29) is 24.3 Å². The molecule has 2 amide bonds. The zero-order valence-electron chi connectivity index (χ0n) is 12.8. The maximum atomic E-state index is 13.5. The molecule has 0 spiro atoms. The molecule has 1 aromatic carbocycles. The number of benzene rings is 1. The molecule has 2 N–H and O–H groups in total. The van der Waals surface area contributed by atoms with E-state index in [1.807, 2.05) is 13.8 Å². The number of rotatable bonds is 7. The monoisotopic (exact) mass is 374 g/mol. The van der Waals surface area contributed by atoms with Crippen LogP contribution in [0.25, 0.3) is 0 Å². The van der Waals surface area contributed by atoms with Crippen LogP contribution in [0.3, 0.4) is 0 Å². The summed E-state index contributed by atoms with van der Waals surface area (Å²) in [5.41, 5.74) is 0. The molecule has 0 aliphatic rings. The van der Waals surface area contributed by atoms with Gasteiger partial charge in [-0.1, -0.05) is 22.9 Å². The van der Waals surface area contributed by atoms with Crippen molar-refractivity contribution in [2.24, 2.45) is 0 Å². The van der Waals surface area contributed by atoms with Crippen molar-refractivity contribution in [1.29, 1.82) is 0 Å². The summed E-state index contributed by atoms with van der Waals surface area (Å²) in [6.07, 6.45) is 0.804. The van der Waals surface area contributed by atoms with Gasteiger partial charge in [-0.25, -0.2) is 4.39 Å². The molecule has 0 bridgehead atoms. The highest BCUT2D eigenvalue weighted by Gasteiger charge is 2.17. The summed E-state index contributed by atoms with van der Waals surface area (Å²) in [7, 11) is 0. The van der Waals surface area contributed by atoms with E-state index in [0.717, 1.165) is 6.42 Å². The molecule has 1 rings (SSSR count). The molecule has 2 unspecified atom stereocenters. The van der Waals surface area contributed by atoms with E-state index in [1.54, 1.807) is 13.0 Å². The van der Waals surface area contributed by atoms with Crippen molar-refractivity contribution in [3.05, 3.63) is 28.5 Å². The molecule has 0 aliphatic heterocycles. The Balaban J connectivity index is 2.44. The first-order valence-corrected chi connectivity index (χ1v) is 7.80. The Morgan fingerprint density at radius 2 is 2.00 bits per heavy atom. The van der Waals surface area contributed by atoms with Crippen LogP contribution in [-0.2, 0) is 9.59 Å². The lowest BCUT2D eigenvalue weighted by Gasteiger charge is -2.17. The molecule has 5 nitrogen and oxygen atoms in total. The highest BCUT2D eigenvalue weighted by molar-refractivity contribution is 9.10. The molecule has 7 heteroatoms. The van der Waals surface area contributed by atoms with Crippen molar-refractivity contribution in [3.63, 3.8) is 0 Å². The quantitative estimate of drug-likeness (QED) is 0.769. The summed E-state index contributed by atoms with van der Waals surface area (Å²) in [6.45, 7) is 5.05. The van der Waals surface area contributed by atoms with Crippen molar-refractivity contribution in [2.75, 3.05) is 6.61 Å². The van der Waals surface area contributed by atoms with Gasteiger partial charge >= 0.3 is 0 Å². The van der Waals surface area contributed by atoms with Crippen LogP contribution in [-0.4, -0.2) is 30.5 Å². The minimum absolute atomic E-state index is 0.0185. The smallest absolute Gasteiger partial charge is 0.258 e. The Labute approximate surface area is 137 Å². The predicted molar refractivity (Wildman–Crippen MR) is 85.1 cm³/mol. The molecule has 22 heavy (non-hydrogen) atoms. The molecule has 0 heterocycles. The Morgan fingerprint density at radius 1 is 1.32 bits per heavy atom. The third-order valence-corrected chi connectivity index (χ3v) is 3.52. The van der Waals surface area contributed by atoms with Crippen molar-refractivity contribution in [2.45, 2.75) is 39.3 Å². The van der Waals surface area contributed by atoms with Gasteiger partial charge in [-0.05, 0) is 38.5 Å². The normalized spacial score (nSPS) is 13.1. The second kappa shape index (κ2) is 8.73. The van der Waals surface area contributed by atoms with Crippen molar-refractivity contribution in [1.82, 2.24) is 10.6 Å². The molecular weight excluding hydrogens is 355 g/mol. The molecule has 0 radical (unpaired) electrons. The lowest BCUT2D eigenvalue weighted by atomic mass is 10.2. The van der Waals surface area contributed by atoms with Gasteiger partial charge < -0.3 is 15.4 Å². The van der Waals surface area contributed by atoms with Gasteiger partial charge in [0, 0.05) is 10.5 Å². The van der Waals surface area contributed by atoms with E-state index >= 15 is 0 Å². The van der Waals surface area contributed by atoms with E-state index in [1.165, 1.54) is 12.1 Å². The van der Waals surface area contributed by atoms with Crippen LogP contribution in [0.4, 0.5) is 4.39 Å². The first-order valence-electron chi connectivity index (χ1n) is 7.01. The number of carbonyl (C=O) groups excluding carboxylic acids is 2. The minimum atomic E-state index is -0.681. The zero-order chi connectivity index (χ0) is 16.7. The van der Waals surface area contributed by atoms with Gasteiger partial charge in [0.05, 0.1) is 0 Å². The van der Waals surface area contributed by atoms with Crippen LogP contribution >= 0.6 is 15.9 Å². The number of carbonyl (C=O) groups is 2. The average molecular weight is 375 g/mol. The number of nitrogens with one attached hydrogen (secondary N) is 2. The molecular formula is C15H20BrFN2O3. The minimum Gasteiger partial charge on any atom is -0.481 e. The van der Waals surface area contributed by atoms with Crippen LogP contribution in [0.15, 0.2) is 22.7 Å². The van der Waals surface area contributed by atoms with E-state index in [4.69, 9.17) is 4.74 Å². The van der Waals surface area contributed by atoms with Crippen LogP contribution < -0.4 is 15.4 Å². The summed E-state index contributed by atoms with van der Waals surface area (Å²) >= 11 is 3.13. The fraction of sp³-hybridized carbons (Fsp3) is 0.467. The average Bonchev–Trinajstić information content (AvgIpc) is 2.45. The molecule has 122 valence electrons. The highest BCUT2D eigenvalue weighted by atomic mass is 79.9. The molecule has 0 aromatic heterocycles. The van der Waals surface area contributed by atoms with Crippen LogP contribution in [0.5, 0.6) is 5.75 Å². The zero-order valence-corrected chi connectivity index (χ0v) is 14.4. The fourth-order valence-corrected chi connectivity index (χ4v) is 1.89. The largest absolute Gasteiger partial charge is 0.481 e. The second-order valence-corrected chi connectivity index (χ2v) is 5.89. The number of amides is 2. The maximum Gasteiger partial charge on any atom is 0.258 e. The maximum absolute atomic E-state index is 13.5. The van der Waals surface area contributed by atoms with Crippen LogP contribution in [0.1, 0.15) is 27.2 Å². The van der Waals surface area contributed by atoms with Gasteiger partial charge in [0.1, 0.15) is 6.04 Å². The lowest BCUT2D eigenvalue weighted by Crippen LogP contribution is -2.48. The molecule has 0 saturated carbocycles.